The average Bonchev–Trinajstić information content (AvgIpc) is 3.21. The lowest BCUT2D eigenvalue weighted by molar-refractivity contribution is -0.140. The second kappa shape index (κ2) is 5.96. The van der Waals surface area contributed by atoms with Crippen LogP contribution in [0.15, 0.2) is 30.5 Å². The van der Waals surface area contributed by atoms with Gasteiger partial charge in [-0.2, -0.15) is 0 Å². The molecule has 2 aliphatic rings. The lowest BCUT2D eigenvalue weighted by Gasteiger charge is -2.35. The van der Waals surface area contributed by atoms with Gasteiger partial charge in [0.25, 0.3) is 0 Å². The fraction of sp³-hybridized carbons (Fsp3) is 0.474. The second-order valence-electron chi connectivity index (χ2n) is 7.06. The van der Waals surface area contributed by atoms with Gasteiger partial charge in [-0.3, -0.25) is 9.59 Å². The number of nitrogens with zero attached hydrogens (tertiary/aromatic N) is 2. The zero-order chi connectivity index (χ0) is 16.7. The molecule has 5 nitrogen and oxygen atoms in total. The number of carbonyl (C=O) groups is 2. The minimum absolute atomic E-state index is 0.145. The molecular formula is C19H23N3O2. The van der Waals surface area contributed by atoms with Gasteiger partial charge in [0.15, 0.2) is 0 Å². The first kappa shape index (κ1) is 15.2. The molecule has 2 atom stereocenters. The highest BCUT2D eigenvalue weighted by atomic mass is 16.2. The number of rotatable bonds is 3. The predicted molar refractivity (Wildman–Crippen MR) is 92.4 cm³/mol. The van der Waals surface area contributed by atoms with Crippen LogP contribution in [0.3, 0.4) is 0 Å². The Bertz CT molecular complexity index is 774. The van der Waals surface area contributed by atoms with Crippen molar-refractivity contribution >= 4 is 22.7 Å². The lowest BCUT2D eigenvalue weighted by Crippen LogP contribution is -2.51. The van der Waals surface area contributed by atoms with Gasteiger partial charge in [-0.05, 0) is 24.0 Å². The minimum Gasteiger partial charge on any atom is -0.361 e. The monoisotopic (exact) mass is 325 g/mol. The van der Waals surface area contributed by atoms with Crippen LogP contribution < -0.4 is 0 Å². The smallest absolute Gasteiger partial charge is 0.227 e. The number of benzene rings is 1. The Balaban J connectivity index is 1.35. The first-order chi connectivity index (χ1) is 11.6. The first-order valence-corrected chi connectivity index (χ1v) is 8.75. The van der Waals surface area contributed by atoms with Gasteiger partial charge in [0.05, 0.1) is 6.42 Å². The molecule has 24 heavy (non-hydrogen) atoms. The van der Waals surface area contributed by atoms with Crippen LogP contribution in [0.1, 0.15) is 18.9 Å². The van der Waals surface area contributed by atoms with Gasteiger partial charge < -0.3 is 14.8 Å². The van der Waals surface area contributed by atoms with E-state index in [1.165, 1.54) is 0 Å². The SMILES string of the molecule is C[C@@H]1C[C@H]1C(=O)N1CCN(C(=O)Cc2c[nH]c3ccccc23)CC1. The number of H-pyrrole nitrogens is 1. The number of hydrogen-bond acceptors (Lipinski definition) is 2. The molecule has 0 unspecified atom stereocenters. The van der Waals surface area contributed by atoms with Crippen molar-refractivity contribution in [1.29, 1.82) is 0 Å². The van der Waals surface area contributed by atoms with E-state index in [1.54, 1.807) is 0 Å². The van der Waals surface area contributed by atoms with E-state index in [2.05, 4.69) is 11.9 Å². The van der Waals surface area contributed by atoms with E-state index in [1.807, 2.05) is 40.3 Å². The van der Waals surface area contributed by atoms with Crippen LogP contribution in [0.4, 0.5) is 0 Å². The average molecular weight is 325 g/mol. The molecule has 0 spiro atoms. The van der Waals surface area contributed by atoms with E-state index >= 15 is 0 Å². The summed E-state index contributed by atoms with van der Waals surface area (Å²) in [6.07, 6.45) is 3.37. The third-order valence-corrected chi connectivity index (χ3v) is 5.39. The minimum atomic E-state index is 0.145. The maximum Gasteiger partial charge on any atom is 0.227 e. The van der Waals surface area contributed by atoms with Crippen molar-refractivity contribution in [2.75, 3.05) is 26.2 Å². The molecule has 1 saturated carbocycles. The maximum absolute atomic E-state index is 12.6. The molecule has 2 fully saturated rings. The van der Waals surface area contributed by atoms with Crippen molar-refractivity contribution in [3.63, 3.8) is 0 Å². The molecule has 126 valence electrons. The summed E-state index contributed by atoms with van der Waals surface area (Å²) < 4.78 is 0. The summed E-state index contributed by atoms with van der Waals surface area (Å²) in [7, 11) is 0. The van der Waals surface area contributed by atoms with Crippen molar-refractivity contribution < 1.29 is 9.59 Å². The summed E-state index contributed by atoms with van der Waals surface area (Å²) in [6, 6.07) is 8.04. The Morgan fingerprint density at radius 1 is 1.12 bits per heavy atom. The third kappa shape index (κ3) is 2.79. The van der Waals surface area contributed by atoms with E-state index in [0.717, 1.165) is 22.9 Å². The number of fused-ring (bicyclic) bond motifs is 1. The molecule has 0 radical (unpaired) electrons. The molecule has 4 rings (SSSR count). The molecule has 1 aromatic carbocycles. The molecule has 1 saturated heterocycles. The quantitative estimate of drug-likeness (QED) is 0.939. The first-order valence-electron chi connectivity index (χ1n) is 8.75. The van der Waals surface area contributed by atoms with Gasteiger partial charge >= 0.3 is 0 Å². The van der Waals surface area contributed by atoms with Crippen LogP contribution in [0.2, 0.25) is 0 Å². The molecule has 5 heteroatoms. The Morgan fingerprint density at radius 3 is 2.50 bits per heavy atom. The molecule has 1 aliphatic heterocycles. The van der Waals surface area contributed by atoms with Crippen LogP contribution >= 0.6 is 0 Å². The van der Waals surface area contributed by atoms with Gasteiger partial charge in [0.2, 0.25) is 11.8 Å². The number of carbonyl (C=O) groups excluding carboxylic acids is 2. The number of aromatic amines is 1. The van der Waals surface area contributed by atoms with Crippen LogP contribution in [0.5, 0.6) is 0 Å². The van der Waals surface area contributed by atoms with Gasteiger partial charge in [-0.25, -0.2) is 0 Å². The van der Waals surface area contributed by atoms with E-state index in [-0.39, 0.29) is 17.7 Å². The van der Waals surface area contributed by atoms with Crippen molar-refractivity contribution in [1.82, 2.24) is 14.8 Å². The number of nitrogens with one attached hydrogen (secondary N) is 1. The fourth-order valence-corrected chi connectivity index (χ4v) is 3.63. The number of amides is 2. The Kier molecular flexibility index (Phi) is 3.79. The summed E-state index contributed by atoms with van der Waals surface area (Å²) in [4.78, 5) is 31.9. The topological polar surface area (TPSA) is 56.4 Å². The maximum atomic E-state index is 12.6. The molecule has 0 bridgehead atoms. The fourth-order valence-electron chi connectivity index (χ4n) is 3.63. The number of aromatic nitrogens is 1. The normalized spacial score (nSPS) is 23.5. The molecule has 2 heterocycles. The summed E-state index contributed by atoms with van der Waals surface area (Å²) in [6.45, 7) is 4.76. The molecule has 1 aliphatic carbocycles. The molecule has 1 aromatic heterocycles. The Morgan fingerprint density at radius 2 is 1.79 bits per heavy atom. The van der Waals surface area contributed by atoms with E-state index < -0.39 is 0 Å². The number of para-hydroxylation sites is 1. The number of hydrogen-bond donors (Lipinski definition) is 1. The summed E-state index contributed by atoms with van der Waals surface area (Å²) in [5.74, 6) is 1.20. The highest BCUT2D eigenvalue weighted by Gasteiger charge is 2.42. The van der Waals surface area contributed by atoms with E-state index in [4.69, 9.17) is 0 Å². The van der Waals surface area contributed by atoms with Crippen LogP contribution in [-0.2, 0) is 16.0 Å². The standard InChI is InChI=1S/C19H23N3O2/c1-13-10-16(13)19(24)22-8-6-21(7-9-22)18(23)11-14-12-20-17-5-3-2-4-15(14)17/h2-5,12-13,16,20H,6-11H2,1H3/t13-,16-/m1/s1. The van der Waals surface area contributed by atoms with Crippen molar-refractivity contribution in [3.05, 3.63) is 36.0 Å². The van der Waals surface area contributed by atoms with Gasteiger partial charge in [-0.1, -0.05) is 25.1 Å². The molecular weight excluding hydrogens is 302 g/mol. The number of piperazine rings is 1. The largest absolute Gasteiger partial charge is 0.361 e. The van der Waals surface area contributed by atoms with Gasteiger partial charge in [0.1, 0.15) is 0 Å². The third-order valence-electron chi connectivity index (χ3n) is 5.39. The Hall–Kier alpha value is -2.30. The predicted octanol–water partition coefficient (Wildman–Crippen LogP) is 2.04. The van der Waals surface area contributed by atoms with Crippen LogP contribution in [0, 0.1) is 11.8 Å². The summed E-state index contributed by atoms with van der Waals surface area (Å²) >= 11 is 0. The van der Waals surface area contributed by atoms with Crippen molar-refractivity contribution in [2.24, 2.45) is 11.8 Å². The van der Waals surface area contributed by atoms with Crippen molar-refractivity contribution in [3.8, 4) is 0 Å². The Labute approximate surface area is 141 Å². The second-order valence-corrected chi connectivity index (χ2v) is 7.06. The van der Waals surface area contributed by atoms with Gasteiger partial charge in [-0.15, -0.1) is 0 Å². The van der Waals surface area contributed by atoms with Crippen LogP contribution in [-0.4, -0.2) is 52.8 Å². The van der Waals surface area contributed by atoms with Crippen LogP contribution in [0.25, 0.3) is 10.9 Å². The highest BCUT2D eigenvalue weighted by Crippen LogP contribution is 2.39. The van der Waals surface area contributed by atoms with E-state index in [9.17, 15) is 9.59 Å². The zero-order valence-corrected chi connectivity index (χ0v) is 14.0. The molecule has 2 amide bonds. The summed E-state index contributed by atoms with van der Waals surface area (Å²) in [5.41, 5.74) is 2.11. The van der Waals surface area contributed by atoms with E-state index in [0.29, 0.717) is 38.5 Å². The zero-order valence-electron chi connectivity index (χ0n) is 14.0. The van der Waals surface area contributed by atoms with Crippen molar-refractivity contribution in [2.45, 2.75) is 19.8 Å². The summed E-state index contributed by atoms with van der Waals surface area (Å²) in [5, 5.41) is 1.11. The molecule has 2 aromatic rings. The highest BCUT2D eigenvalue weighted by molar-refractivity contribution is 5.89. The van der Waals surface area contributed by atoms with Gasteiger partial charge in [0, 0.05) is 49.2 Å². The molecule has 1 N–H and O–H groups in total. The lowest BCUT2D eigenvalue weighted by atomic mass is 10.1.